The molecule has 0 aliphatic carbocycles. The van der Waals surface area contributed by atoms with Crippen LogP contribution in [0.5, 0.6) is 0 Å². The number of hydrogen-bond donors (Lipinski definition) is 1. The Morgan fingerprint density at radius 2 is 2.31 bits per heavy atom. The van der Waals surface area contributed by atoms with E-state index in [0.717, 1.165) is 25.2 Å². The summed E-state index contributed by atoms with van der Waals surface area (Å²) in [6.07, 6.45) is 0.902. The number of nitrogens with zero attached hydrogens (tertiary/aromatic N) is 1. The first-order chi connectivity index (χ1) is 6.35. The second-order valence-corrected chi connectivity index (χ2v) is 3.20. The molecule has 68 valence electrons. The van der Waals surface area contributed by atoms with Crippen molar-refractivity contribution in [3.05, 3.63) is 29.3 Å². The predicted molar refractivity (Wildman–Crippen MR) is 51.3 cm³/mol. The Labute approximate surface area is 77.4 Å². The number of carbonyl (C=O) groups excluding carboxylic acids is 1. The molecule has 0 spiro atoms. The first-order valence-electron chi connectivity index (χ1n) is 4.33. The number of hydrogen-bond acceptors (Lipinski definition) is 2. The molecule has 1 aliphatic heterocycles. The van der Waals surface area contributed by atoms with Crippen molar-refractivity contribution in [3.8, 4) is 0 Å². The van der Waals surface area contributed by atoms with Crippen molar-refractivity contribution in [2.75, 3.05) is 12.4 Å². The Hall–Kier alpha value is -1.51. The molecule has 0 saturated heterocycles. The van der Waals surface area contributed by atoms with E-state index >= 15 is 0 Å². The minimum atomic E-state index is 0.732. The van der Waals surface area contributed by atoms with Crippen LogP contribution < -0.4 is 5.32 Å². The van der Waals surface area contributed by atoms with E-state index in [-0.39, 0.29) is 0 Å². The molecule has 0 unspecified atom stereocenters. The molecule has 3 heteroatoms. The monoisotopic (exact) mass is 176 g/mol. The third kappa shape index (κ3) is 1.26. The van der Waals surface area contributed by atoms with Crippen molar-refractivity contribution in [3.63, 3.8) is 0 Å². The Balaban J connectivity index is 2.38. The van der Waals surface area contributed by atoms with Gasteiger partial charge >= 0.3 is 0 Å². The maximum absolute atomic E-state index is 10.6. The molecule has 1 heterocycles. The molecule has 0 saturated carbocycles. The van der Waals surface area contributed by atoms with E-state index < -0.39 is 0 Å². The van der Waals surface area contributed by atoms with Crippen LogP contribution in [0.3, 0.4) is 0 Å². The van der Waals surface area contributed by atoms with Gasteiger partial charge in [-0.15, -0.1) is 0 Å². The third-order valence-corrected chi connectivity index (χ3v) is 2.43. The highest BCUT2D eigenvalue weighted by molar-refractivity contribution is 5.59. The van der Waals surface area contributed by atoms with Gasteiger partial charge in [-0.25, -0.2) is 0 Å². The van der Waals surface area contributed by atoms with Crippen molar-refractivity contribution in [2.45, 2.75) is 13.1 Å². The van der Waals surface area contributed by atoms with Gasteiger partial charge in [0.25, 0.3) is 0 Å². The van der Waals surface area contributed by atoms with Crippen LogP contribution in [-0.2, 0) is 17.9 Å². The molecule has 2 rings (SSSR count). The minimum Gasteiger partial charge on any atom is -0.388 e. The fourth-order valence-corrected chi connectivity index (χ4v) is 1.76. The summed E-state index contributed by atoms with van der Waals surface area (Å²) in [5, 5.41) is 3.13. The molecule has 0 atom stereocenters. The van der Waals surface area contributed by atoms with E-state index in [9.17, 15) is 4.79 Å². The van der Waals surface area contributed by atoms with E-state index in [1.165, 1.54) is 11.1 Å². The fourth-order valence-electron chi connectivity index (χ4n) is 1.76. The lowest BCUT2D eigenvalue weighted by atomic mass is 10.1. The molecule has 1 N–H and O–H groups in total. The summed E-state index contributed by atoms with van der Waals surface area (Å²) >= 11 is 0. The molecular formula is C10H12N2O. The lowest BCUT2D eigenvalue weighted by Gasteiger charge is -2.07. The molecule has 3 nitrogen and oxygen atoms in total. The van der Waals surface area contributed by atoms with E-state index in [1.54, 1.807) is 4.90 Å². The number of nitrogens with one attached hydrogen (secondary N) is 1. The highest BCUT2D eigenvalue weighted by atomic mass is 16.1. The molecule has 1 aromatic rings. The number of rotatable bonds is 2. The lowest BCUT2D eigenvalue weighted by Crippen LogP contribution is -2.12. The summed E-state index contributed by atoms with van der Waals surface area (Å²) in [6.45, 7) is 1.48. The Bertz CT molecular complexity index is 336. The van der Waals surface area contributed by atoms with Crippen LogP contribution >= 0.6 is 0 Å². The first kappa shape index (κ1) is 8.10. The molecular weight excluding hydrogens is 164 g/mol. The van der Waals surface area contributed by atoms with Crippen LogP contribution in [0, 0.1) is 0 Å². The average molecular weight is 176 g/mol. The molecule has 1 amide bonds. The summed E-state index contributed by atoms with van der Waals surface area (Å²) in [5.74, 6) is 0. The Morgan fingerprint density at radius 3 is 3.00 bits per heavy atom. The largest absolute Gasteiger partial charge is 0.388 e. The highest BCUT2D eigenvalue weighted by Gasteiger charge is 2.19. The Morgan fingerprint density at radius 1 is 1.46 bits per heavy atom. The van der Waals surface area contributed by atoms with Crippen LogP contribution in [0.2, 0.25) is 0 Å². The van der Waals surface area contributed by atoms with Crippen molar-refractivity contribution < 1.29 is 4.79 Å². The van der Waals surface area contributed by atoms with Gasteiger partial charge in [0.15, 0.2) is 0 Å². The number of amides is 1. The van der Waals surface area contributed by atoms with Gasteiger partial charge in [0, 0.05) is 25.8 Å². The smallest absolute Gasteiger partial charge is 0.210 e. The van der Waals surface area contributed by atoms with Gasteiger partial charge in [0.2, 0.25) is 6.41 Å². The van der Waals surface area contributed by atoms with Gasteiger partial charge < -0.3 is 10.2 Å². The summed E-state index contributed by atoms with van der Waals surface area (Å²) in [5.41, 5.74) is 3.62. The standard InChI is InChI=1S/C10H12N2O/c1-11-10-4-2-3-8-5-12(7-13)6-9(8)10/h2-4,7,11H,5-6H2,1H3. The van der Waals surface area contributed by atoms with E-state index in [2.05, 4.69) is 11.4 Å². The van der Waals surface area contributed by atoms with Crippen LogP contribution in [0.25, 0.3) is 0 Å². The second-order valence-electron chi connectivity index (χ2n) is 3.20. The average Bonchev–Trinajstić information content (AvgIpc) is 2.59. The van der Waals surface area contributed by atoms with Crippen LogP contribution in [0.1, 0.15) is 11.1 Å². The predicted octanol–water partition coefficient (Wildman–Crippen LogP) is 1.20. The maximum atomic E-state index is 10.6. The third-order valence-electron chi connectivity index (χ3n) is 2.43. The van der Waals surface area contributed by atoms with Crippen LogP contribution in [-0.4, -0.2) is 18.4 Å². The van der Waals surface area contributed by atoms with Crippen molar-refractivity contribution in [1.29, 1.82) is 0 Å². The zero-order valence-corrected chi connectivity index (χ0v) is 7.58. The number of fused-ring (bicyclic) bond motifs is 1. The van der Waals surface area contributed by atoms with Crippen LogP contribution in [0.4, 0.5) is 5.69 Å². The van der Waals surface area contributed by atoms with Crippen molar-refractivity contribution in [1.82, 2.24) is 4.90 Å². The summed E-state index contributed by atoms with van der Waals surface area (Å²) in [6, 6.07) is 6.12. The van der Waals surface area contributed by atoms with E-state index in [4.69, 9.17) is 0 Å². The van der Waals surface area contributed by atoms with Gasteiger partial charge in [-0.2, -0.15) is 0 Å². The van der Waals surface area contributed by atoms with Gasteiger partial charge in [0.1, 0.15) is 0 Å². The quantitative estimate of drug-likeness (QED) is 0.687. The van der Waals surface area contributed by atoms with Crippen molar-refractivity contribution >= 4 is 12.1 Å². The summed E-state index contributed by atoms with van der Waals surface area (Å²) in [7, 11) is 1.90. The zero-order chi connectivity index (χ0) is 9.26. The Kier molecular flexibility index (Phi) is 1.93. The van der Waals surface area contributed by atoms with E-state index in [0.29, 0.717) is 0 Å². The van der Waals surface area contributed by atoms with Crippen molar-refractivity contribution in [2.24, 2.45) is 0 Å². The molecule has 1 aliphatic rings. The number of benzene rings is 1. The van der Waals surface area contributed by atoms with Gasteiger partial charge in [-0.05, 0) is 17.2 Å². The summed E-state index contributed by atoms with van der Waals surface area (Å²) < 4.78 is 0. The topological polar surface area (TPSA) is 32.3 Å². The first-order valence-corrected chi connectivity index (χ1v) is 4.33. The van der Waals surface area contributed by atoms with Gasteiger partial charge in [0.05, 0.1) is 0 Å². The molecule has 0 bridgehead atoms. The summed E-state index contributed by atoms with van der Waals surface area (Å²) in [4.78, 5) is 12.4. The minimum absolute atomic E-state index is 0.732. The number of carbonyl (C=O) groups is 1. The van der Waals surface area contributed by atoms with Gasteiger partial charge in [-0.3, -0.25) is 4.79 Å². The lowest BCUT2D eigenvalue weighted by molar-refractivity contribution is -0.118. The zero-order valence-electron chi connectivity index (χ0n) is 7.58. The highest BCUT2D eigenvalue weighted by Crippen LogP contribution is 2.27. The van der Waals surface area contributed by atoms with Crippen LogP contribution in [0.15, 0.2) is 18.2 Å². The molecule has 1 aromatic carbocycles. The second kappa shape index (κ2) is 3.09. The van der Waals surface area contributed by atoms with E-state index in [1.807, 2.05) is 19.2 Å². The normalized spacial score (nSPS) is 14.1. The fraction of sp³-hybridized carbons (Fsp3) is 0.300. The molecule has 13 heavy (non-hydrogen) atoms. The molecule has 0 fully saturated rings. The maximum Gasteiger partial charge on any atom is 0.210 e. The number of anilines is 1. The molecule has 0 aromatic heterocycles. The SMILES string of the molecule is CNc1cccc2c1CN(C=O)C2. The van der Waals surface area contributed by atoms with Gasteiger partial charge in [-0.1, -0.05) is 12.1 Å². The molecule has 0 radical (unpaired) electrons.